The van der Waals surface area contributed by atoms with Crippen molar-refractivity contribution in [2.75, 3.05) is 18.0 Å². The number of benzene rings is 1. The average molecular weight is 297 g/mol. The topological polar surface area (TPSA) is 56.1 Å². The van der Waals surface area contributed by atoms with E-state index in [1.54, 1.807) is 6.07 Å². The molecule has 1 saturated heterocycles. The van der Waals surface area contributed by atoms with Gasteiger partial charge < -0.3 is 10.2 Å². The molecule has 0 aromatic heterocycles. The smallest absolute Gasteiger partial charge is 0.310 e. The Morgan fingerprint density at radius 1 is 1.48 bits per heavy atom. The zero-order valence-corrected chi connectivity index (χ0v) is 11.4. The summed E-state index contributed by atoms with van der Waals surface area (Å²) in [5.41, 5.74) is -0.802. The van der Waals surface area contributed by atoms with Crippen LogP contribution in [0.4, 0.5) is 18.9 Å². The molecule has 1 aromatic carbocycles. The Morgan fingerprint density at radius 2 is 2.19 bits per heavy atom. The molecule has 1 aliphatic rings. The molecule has 1 aromatic rings. The molecule has 112 valence electrons. The Morgan fingerprint density at radius 3 is 2.76 bits per heavy atom. The van der Waals surface area contributed by atoms with Gasteiger partial charge in [-0.3, -0.25) is 4.79 Å². The second kappa shape index (κ2) is 5.74. The maximum atomic E-state index is 12.7. The number of nitrogens with one attached hydrogen (secondary N) is 1. The Balaban J connectivity index is 2.33. The van der Waals surface area contributed by atoms with E-state index in [1.165, 1.54) is 11.0 Å². The number of nitriles is 1. The first-order valence-corrected chi connectivity index (χ1v) is 6.54. The van der Waals surface area contributed by atoms with Crippen LogP contribution in [0.1, 0.15) is 24.5 Å². The lowest BCUT2D eigenvalue weighted by molar-refractivity contribution is -0.137. The van der Waals surface area contributed by atoms with Gasteiger partial charge in [0.15, 0.2) is 0 Å². The molecule has 0 bridgehead atoms. The van der Waals surface area contributed by atoms with Crippen LogP contribution < -0.4 is 10.2 Å². The van der Waals surface area contributed by atoms with Crippen molar-refractivity contribution in [3.8, 4) is 6.07 Å². The number of halogens is 3. The van der Waals surface area contributed by atoms with Crippen molar-refractivity contribution in [1.82, 2.24) is 5.32 Å². The molecule has 7 heteroatoms. The summed E-state index contributed by atoms with van der Waals surface area (Å²) < 4.78 is 38.0. The van der Waals surface area contributed by atoms with E-state index in [-0.39, 0.29) is 23.2 Å². The predicted molar refractivity (Wildman–Crippen MR) is 70.6 cm³/mol. The summed E-state index contributed by atoms with van der Waals surface area (Å²) in [6.07, 6.45) is -3.94. The first-order valence-electron chi connectivity index (χ1n) is 6.54. The van der Waals surface area contributed by atoms with Crippen molar-refractivity contribution in [1.29, 1.82) is 5.26 Å². The van der Waals surface area contributed by atoms with Crippen molar-refractivity contribution >= 4 is 11.6 Å². The van der Waals surface area contributed by atoms with E-state index in [4.69, 9.17) is 5.26 Å². The van der Waals surface area contributed by atoms with E-state index < -0.39 is 11.7 Å². The Kier molecular flexibility index (Phi) is 4.19. The zero-order valence-electron chi connectivity index (χ0n) is 11.4. The molecular weight excluding hydrogens is 283 g/mol. The van der Waals surface area contributed by atoms with Crippen LogP contribution in [0, 0.1) is 11.3 Å². The minimum atomic E-state index is -4.51. The molecule has 1 aliphatic heterocycles. The molecule has 1 heterocycles. The number of likely N-dealkylation sites (N-methyl/N-ethyl adjacent to an activating group) is 1. The number of carbonyl (C=O) groups is 1. The second-order valence-electron chi connectivity index (χ2n) is 4.73. The third-order valence-corrected chi connectivity index (χ3v) is 3.39. The molecule has 0 saturated carbocycles. The highest BCUT2D eigenvalue weighted by Crippen LogP contribution is 2.33. The average Bonchev–Trinajstić information content (AvgIpc) is 2.79. The number of alkyl halides is 3. The summed E-state index contributed by atoms with van der Waals surface area (Å²) in [7, 11) is 0. The molecule has 1 unspecified atom stereocenters. The highest BCUT2D eigenvalue weighted by Gasteiger charge is 2.35. The van der Waals surface area contributed by atoms with Crippen LogP contribution >= 0.6 is 0 Å². The van der Waals surface area contributed by atoms with Gasteiger partial charge in [0.2, 0.25) is 5.91 Å². The van der Waals surface area contributed by atoms with Crippen molar-refractivity contribution in [2.45, 2.75) is 25.6 Å². The molecule has 1 atom stereocenters. The largest absolute Gasteiger partial charge is 0.416 e. The van der Waals surface area contributed by atoms with Gasteiger partial charge in [-0.15, -0.1) is 0 Å². The fourth-order valence-corrected chi connectivity index (χ4v) is 2.39. The van der Waals surface area contributed by atoms with Crippen LogP contribution in [-0.2, 0) is 11.0 Å². The SMILES string of the molecule is CCNC1CCN(c2ccc(C(F)(F)F)cc2C#N)C1=O. The van der Waals surface area contributed by atoms with Gasteiger partial charge in [-0.25, -0.2) is 0 Å². The van der Waals surface area contributed by atoms with Crippen LogP contribution in [0.3, 0.4) is 0 Å². The predicted octanol–water partition coefficient (Wildman–Crippen LogP) is 2.29. The van der Waals surface area contributed by atoms with E-state index in [0.717, 1.165) is 12.1 Å². The molecule has 0 spiro atoms. The molecule has 21 heavy (non-hydrogen) atoms. The third kappa shape index (κ3) is 3.00. The van der Waals surface area contributed by atoms with Crippen LogP contribution in [-0.4, -0.2) is 25.0 Å². The molecule has 1 amide bonds. The maximum absolute atomic E-state index is 12.7. The summed E-state index contributed by atoms with van der Waals surface area (Å²) in [5, 5.41) is 12.1. The first kappa shape index (κ1) is 15.3. The van der Waals surface area contributed by atoms with Crippen molar-refractivity contribution in [3.63, 3.8) is 0 Å². The van der Waals surface area contributed by atoms with Gasteiger partial charge >= 0.3 is 6.18 Å². The van der Waals surface area contributed by atoms with Crippen LogP contribution in [0.5, 0.6) is 0 Å². The fourth-order valence-electron chi connectivity index (χ4n) is 2.39. The molecule has 4 nitrogen and oxygen atoms in total. The number of anilines is 1. The van der Waals surface area contributed by atoms with Gasteiger partial charge in [0, 0.05) is 6.54 Å². The van der Waals surface area contributed by atoms with E-state index in [1.807, 2.05) is 6.92 Å². The molecule has 0 aliphatic carbocycles. The lowest BCUT2D eigenvalue weighted by atomic mass is 10.1. The van der Waals surface area contributed by atoms with Gasteiger partial charge in [-0.05, 0) is 31.2 Å². The second-order valence-corrected chi connectivity index (χ2v) is 4.73. The number of hydrogen-bond acceptors (Lipinski definition) is 3. The number of carbonyl (C=O) groups excluding carboxylic acids is 1. The van der Waals surface area contributed by atoms with Gasteiger partial charge in [-0.1, -0.05) is 6.92 Å². The summed E-state index contributed by atoms with van der Waals surface area (Å²) in [6.45, 7) is 2.88. The number of amides is 1. The lowest BCUT2D eigenvalue weighted by Gasteiger charge is -2.19. The highest BCUT2D eigenvalue weighted by molar-refractivity contribution is 6.00. The quantitative estimate of drug-likeness (QED) is 0.931. The number of nitrogens with zero attached hydrogens (tertiary/aromatic N) is 2. The first-order chi connectivity index (χ1) is 9.88. The van der Waals surface area contributed by atoms with Crippen LogP contribution in [0.15, 0.2) is 18.2 Å². The summed E-state index contributed by atoms with van der Waals surface area (Å²) >= 11 is 0. The van der Waals surface area contributed by atoms with Gasteiger partial charge in [0.1, 0.15) is 6.07 Å². The minimum absolute atomic E-state index is 0.143. The van der Waals surface area contributed by atoms with Gasteiger partial charge in [-0.2, -0.15) is 18.4 Å². The summed E-state index contributed by atoms with van der Waals surface area (Å²) in [6, 6.07) is 4.26. The Labute approximate surface area is 120 Å². The molecular formula is C14H14F3N3O. The summed E-state index contributed by atoms with van der Waals surface area (Å²) in [5.74, 6) is -0.215. The van der Waals surface area contributed by atoms with E-state index in [0.29, 0.717) is 19.5 Å². The van der Waals surface area contributed by atoms with E-state index in [2.05, 4.69) is 5.32 Å². The van der Waals surface area contributed by atoms with Crippen LogP contribution in [0.25, 0.3) is 0 Å². The number of rotatable bonds is 3. The molecule has 1 N–H and O–H groups in total. The van der Waals surface area contributed by atoms with E-state index >= 15 is 0 Å². The van der Waals surface area contributed by atoms with Crippen LogP contribution in [0.2, 0.25) is 0 Å². The highest BCUT2D eigenvalue weighted by atomic mass is 19.4. The monoisotopic (exact) mass is 297 g/mol. The van der Waals surface area contributed by atoms with Crippen molar-refractivity contribution in [2.24, 2.45) is 0 Å². The molecule has 0 radical (unpaired) electrons. The van der Waals surface area contributed by atoms with Crippen molar-refractivity contribution in [3.05, 3.63) is 29.3 Å². The van der Waals surface area contributed by atoms with Gasteiger partial charge in [0.05, 0.1) is 22.9 Å². The Bertz CT molecular complexity index is 592. The standard InChI is InChI=1S/C14H14F3N3O/c1-2-19-11-5-6-20(13(11)21)12-4-3-10(14(15,16)17)7-9(12)8-18/h3-4,7,11,19H,2,5-6H2,1H3. The fraction of sp³-hybridized carbons (Fsp3) is 0.429. The molecule has 2 rings (SSSR count). The normalized spacial score (nSPS) is 18.9. The van der Waals surface area contributed by atoms with E-state index in [9.17, 15) is 18.0 Å². The maximum Gasteiger partial charge on any atom is 0.416 e. The molecule has 1 fully saturated rings. The van der Waals surface area contributed by atoms with Gasteiger partial charge in [0.25, 0.3) is 0 Å². The lowest BCUT2D eigenvalue weighted by Crippen LogP contribution is -2.38. The zero-order chi connectivity index (χ0) is 15.6. The Hall–Kier alpha value is -2.07. The third-order valence-electron chi connectivity index (χ3n) is 3.39. The van der Waals surface area contributed by atoms with Crippen molar-refractivity contribution < 1.29 is 18.0 Å². The minimum Gasteiger partial charge on any atom is -0.310 e. The summed E-state index contributed by atoms with van der Waals surface area (Å²) in [4.78, 5) is 13.5. The number of hydrogen-bond donors (Lipinski definition) is 1.